The Morgan fingerprint density at radius 1 is 1.25 bits per heavy atom. The maximum Gasteiger partial charge on any atom is 0.204 e. The zero-order valence-electron chi connectivity index (χ0n) is 22.0. The van der Waals surface area contributed by atoms with E-state index in [0.29, 0.717) is 40.8 Å². The van der Waals surface area contributed by atoms with E-state index in [2.05, 4.69) is 9.98 Å². The molecule has 5 N–H and O–H groups in total. The number of aliphatic hydroxyl groups is 2. The first-order valence-electron chi connectivity index (χ1n) is 12.5. The van der Waals surface area contributed by atoms with Crippen LogP contribution in [0.3, 0.4) is 0 Å². The lowest BCUT2D eigenvalue weighted by Crippen LogP contribution is -2.27. The normalized spacial score (nSPS) is 21.4. The van der Waals surface area contributed by atoms with Gasteiger partial charge >= 0.3 is 0 Å². The summed E-state index contributed by atoms with van der Waals surface area (Å²) < 4.78 is 49.8. The summed E-state index contributed by atoms with van der Waals surface area (Å²) in [5.41, 5.74) is 7.67. The molecule has 0 aliphatic heterocycles. The van der Waals surface area contributed by atoms with Gasteiger partial charge in [0.05, 0.1) is 16.7 Å². The number of aliphatic imine (C=N–C) groups is 1. The van der Waals surface area contributed by atoms with Crippen LogP contribution in [-0.2, 0) is 0 Å². The van der Waals surface area contributed by atoms with Gasteiger partial charge in [0.2, 0.25) is 5.82 Å². The van der Waals surface area contributed by atoms with Crippen LogP contribution in [-0.4, -0.2) is 34.3 Å². The van der Waals surface area contributed by atoms with Gasteiger partial charge in [-0.25, -0.2) is 8.78 Å². The number of aromatic nitrogens is 1. The van der Waals surface area contributed by atoms with Crippen LogP contribution in [0, 0.1) is 22.9 Å². The second-order valence-electron chi connectivity index (χ2n) is 9.45. The number of H-pyrrole nitrogens is 1. The molecule has 1 atom stereocenters. The molecule has 210 valence electrons. The van der Waals surface area contributed by atoms with Gasteiger partial charge in [-0.05, 0) is 62.3 Å². The van der Waals surface area contributed by atoms with Crippen molar-refractivity contribution >= 4 is 34.6 Å². The van der Waals surface area contributed by atoms with Gasteiger partial charge in [-0.1, -0.05) is 23.8 Å². The molecular formula is C30H30F3N3O3S. The lowest BCUT2D eigenvalue weighted by Gasteiger charge is -2.32. The van der Waals surface area contributed by atoms with Crippen molar-refractivity contribution in [2.24, 2.45) is 16.1 Å². The van der Waals surface area contributed by atoms with Crippen LogP contribution in [0.15, 0.2) is 87.8 Å². The molecule has 1 aliphatic rings. The highest BCUT2D eigenvalue weighted by molar-refractivity contribution is 7.99. The highest BCUT2D eigenvalue weighted by atomic mass is 32.2. The predicted octanol–water partition coefficient (Wildman–Crippen LogP) is 7.75. The lowest BCUT2D eigenvalue weighted by atomic mass is 9.73. The number of nitrogens with two attached hydrogens (primary N) is 1. The Morgan fingerprint density at radius 2 is 2.05 bits per heavy atom. The number of nitrogens with zero attached hydrogens (tertiary/aromatic N) is 1. The molecule has 1 aromatic heterocycles. The predicted molar refractivity (Wildman–Crippen MR) is 154 cm³/mol. The number of thioether (sulfide) groups is 1. The third kappa shape index (κ3) is 5.83. The van der Waals surface area contributed by atoms with E-state index in [9.17, 15) is 23.4 Å². The molecule has 0 radical (unpaired) electrons. The van der Waals surface area contributed by atoms with Crippen LogP contribution >= 0.6 is 11.8 Å². The van der Waals surface area contributed by atoms with Crippen LogP contribution in [0.4, 0.5) is 18.9 Å². The summed E-state index contributed by atoms with van der Waals surface area (Å²) in [4.78, 5) is 7.26. The number of ether oxygens (including phenoxy) is 1. The summed E-state index contributed by atoms with van der Waals surface area (Å²) in [6, 6.07) is 5.34. The van der Waals surface area contributed by atoms with Crippen LogP contribution in [0.2, 0.25) is 0 Å². The Labute approximate surface area is 234 Å². The minimum absolute atomic E-state index is 0.0340. The zero-order valence-corrected chi connectivity index (χ0v) is 22.9. The summed E-state index contributed by atoms with van der Waals surface area (Å²) in [5.74, 6) is -3.11. The third-order valence-corrected chi connectivity index (χ3v) is 7.83. The molecule has 6 nitrogen and oxygen atoms in total. The molecule has 0 bridgehead atoms. The fourth-order valence-corrected chi connectivity index (χ4v) is 5.29. The molecule has 4 rings (SSSR count). The number of aromatic amines is 1. The van der Waals surface area contributed by atoms with Crippen molar-refractivity contribution in [2.75, 3.05) is 12.9 Å². The molecule has 0 saturated carbocycles. The summed E-state index contributed by atoms with van der Waals surface area (Å²) >= 11 is 1.20. The van der Waals surface area contributed by atoms with Gasteiger partial charge in [-0.3, -0.25) is 4.99 Å². The Morgan fingerprint density at radius 3 is 2.77 bits per heavy atom. The minimum atomic E-state index is -1.16. The molecular weight excluding hydrogens is 539 g/mol. The molecule has 0 amide bonds. The third-order valence-electron chi connectivity index (χ3n) is 7.02. The van der Waals surface area contributed by atoms with E-state index < -0.39 is 22.9 Å². The first kappa shape index (κ1) is 29.1. The fraction of sp³-hybridized carbons (Fsp3) is 0.233. The van der Waals surface area contributed by atoms with E-state index in [1.165, 1.54) is 42.4 Å². The van der Waals surface area contributed by atoms with Gasteiger partial charge in [0.1, 0.15) is 17.3 Å². The fourth-order valence-electron chi connectivity index (χ4n) is 4.58. The molecule has 40 heavy (non-hydrogen) atoms. The van der Waals surface area contributed by atoms with Crippen LogP contribution in [0.5, 0.6) is 11.5 Å². The van der Waals surface area contributed by atoms with Crippen LogP contribution in [0.1, 0.15) is 26.2 Å². The number of rotatable bonds is 8. The van der Waals surface area contributed by atoms with E-state index >= 15 is 0 Å². The number of nitrogens with one attached hydrogen (secondary N) is 1. The maximum absolute atomic E-state index is 14.9. The van der Waals surface area contributed by atoms with Crippen LogP contribution in [0.25, 0.3) is 10.9 Å². The lowest BCUT2D eigenvalue weighted by molar-refractivity contribution is 0.295. The van der Waals surface area contributed by atoms with Gasteiger partial charge in [0, 0.05) is 41.6 Å². The van der Waals surface area contributed by atoms with Crippen molar-refractivity contribution in [1.82, 2.24) is 4.98 Å². The Balaban J connectivity index is 1.61. The first-order chi connectivity index (χ1) is 19.2. The molecule has 2 aromatic carbocycles. The molecule has 1 heterocycles. The van der Waals surface area contributed by atoms with E-state index in [1.54, 1.807) is 24.5 Å². The minimum Gasteiger partial charge on any atom is -0.515 e. The average Bonchev–Trinajstić information content (AvgIpc) is 3.43. The van der Waals surface area contributed by atoms with Crippen molar-refractivity contribution in [3.8, 4) is 11.5 Å². The Bertz CT molecular complexity index is 1560. The topological polar surface area (TPSA) is 104 Å². The molecule has 10 heteroatoms. The standard InChI is InChI=1S/C30H30F3N3O3S/c1-30(12-8-18(11-15-37)4-3-5-19(30)17-38)24(34)10-14-35-23-16-20(6-7-22(23)31)39-28-26(33)25(32)27-21(9-13-36-27)29(28)40-2/h3-7,9-10,13-14,16-17,36-38H,8,11-12,15,34H2,1-2H3/b5-3-,18-4+,19-17-,24-10-,35-14?. The summed E-state index contributed by atoms with van der Waals surface area (Å²) in [5, 5.41) is 19.6. The Hall–Kier alpha value is -3.89. The maximum atomic E-state index is 14.9. The summed E-state index contributed by atoms with van der Waals surface area (Å²) in [6.07, 6.45) is 14.3. The van der Waals surface area contributed by atoms with Crippen molar-refractivity contribution < 1.29 is 28.1 Å². The highest BCUT2D eigenvalue weighted by Gasteiger charge is 2.31. The monoisotopic (exact) mass is 569 g/mol. The summed E-state index contributed by atoms with van der Waals surface area (Å²) in [7, 11) is 0. The zero-order chi connectivity index (χ0) is 28.9. The van der Waals surface area contributed by atoms with Crippen LogP contribution < -0.4 is 10.5 Å². The van der Waals surface area contributed by atoms with Gasteiger partial charge in [0.25, 0.3) is 0 Å². The Kier molecular flexibility index (Phi) is 9.11. The molecule has 0 fully saturated rings. The number of allylic oxidation sites excluding steroid dienone is 5. The molecule has 1 aliphatic carbocycles. The number of fused-ring (bicyclic) bond motifs is 1. The molecule has 1 unspecified atom stereocenters. The number of hydrogen-bond acceptors (Lipinski definition) is 6. The van der Waals surface area contributed by atoms with E-state index in [4.69, 9.17) is 10.5 Å². The highest BCUT2D eigenvalue weighted by Crippen LogP contribution is 2.43. The van der Waals surface area contributed by atoms with Gasteiger partial charge in [0.15, 0.2) is 11.6 Å². The number of hydrogen-bond donors (Lipinski definition) is 4. The van der Waals surface area contributed by atoms with Gasteiger partial charge < -0.3 is 25.7 Å². The van der Waals surface area contributed by atoms with E-state index in [-0.39, 0.29) is 29.3 Å². The number of aliphatic hydroxyl groups excluding tert-OH is 2. The molecule has 0 spiro atoms. The SMILES string of the molecule is CSc1c(Oc2ccc(F)c(N=C/C=C(\N)C3(C)CC\C(CCO)=C/C=C\C3=C\O)c2)c(F)c(F)c2[nH]ccc12. The second kappa shape index (κ2) is 12.5. The van der Waals surface area contributed by atoms with Crippen molar-refractivity contribution in [3.63, 3.8) is 0 Å². The van der Waals surface area contributed by atoms with Crippen molar-refractivity contribution in [2.45, 2.75) is 31.1 Å². The molecule has 0 saturated heterocycles. The first-order valence-corrected chi connectivity index (χ1v) is 13.8. The van der Waals surface area contributed by atoms with Gasteiger partial charge in [-0.2, -0.15) is 4.39 Å². The van der Waals surface area contributed by atoms with Gasteiger partial charge in [-0.15, -0.1) is 11.8 Å². The quantitative estimate of drug-likeness (QED) is 0.126. The molecule has 3 aromatic rings. The van der Waals surface area contributed by atoms with Crippen molar-refractivity contribution in [3.05, 3.63) is 95.3 Å². The number of halogens is 3. The average molecular weight is 570 g/mol. The number of benzene rings is 2. The second-order valence-corrected chi connectivity index (χ2v) is 10.3. The smallest absolute Gasteiger partial charge is 0.204 e. The summed E-state index contributed by atoms with van der Waals surface area (Å²) in [6.45, 7) is 1.92. The van der Waals surface area contributed by atoms with Crippen molar-refractivity contribution in [1.29, 1.82) is 0 Å². The largest absolute Gasteiger partial charge is 0.515 e. The van der Waals surface area contributed by atoms with E-state index in [1.807, 2.05) is 13.0 Å². The van der Waals surface area contributed by atoms with E-state index in [0.717, 1.165) is 17.9 Å².